The molecule has 0 heterocycles. The van der Waals surface area contributed by atoms with Crippen LogP contribution >= 0.6 is 0 Å². The van der Waals surface area contributed by atoms with Gasteiger partial charge in [0.25, 0.3) is 0 Å². The topological polar surface area (TPSA) is 144 Å². The van der Waals surface area contributed by atoms with Gasteiger partial charge in [-0.3, -0.25) is 13.9 Å². The third-order valence-corrected chi connectivity index (χ3v) is 9.15. The van der Waals surface area contributed by atoms with Crippen LogP contribution in [-0.2, 0) is 34.0 Å². The summed E-state index contributed by atoms with van der Waals surface area (Å²) in [6.07, 6.45) is 5.79. The first-order chi connectivity index (χ1) is 13.8. The average molecular weight is 465 g/mol. The predicted octanol–water partition coefficient (Wildman–Crippen LogP) is 2.51. The normalized spacial score (nSPS) is 41.6. The summed E-state index contributed by atoms with van der Waals surface area (Å²) >= 11 is 0. The molecule has 0 unspecified atom stereocenters. The van der Waals surface area contributed by atoms with Gasteiger partial charge in [-0.1, -0.05) is 18.6 Å². The highest BCUT2D eigenvalue weighted by molar-refractivity contribution is 7.81. The second-order valence-corrected chi connectivity index (χ2v) is 11.6. The molecule has 30 heavy (non-hydrogen) atoms. The fraction of sp³-hybridized carbons (Fsp3) is 0.842. The molecular formula is C19H28O9S2. The lowest BCUT2D eigenvalue weighted by Gasteiger charge is -2.57. The molecule has 4 aliphatic rings. The van der Waals surface area contributed by atoms with Crippen LogP contribution in [0, 0.1) is 28.6 Å². The number of rotatable bonds is 5. The zero-order valence-corrected chi connectivity index (χ0v) is 18.5. The van der Waals surface area contributed by atoms with E-state index in [2.05, 4.69) is 0 Å². The highest BCUT2D eigenvalue weighted by Gasteiger charge is 2.60. The first-order valence-electron chi connectivity index (χ1n) is 10.3. The van der Waals surface area contributed by atoms with Crippen molar-refractivity contribution in [3.05, 3.63) is 11.6 Å². The molecule has 3 saturated carbocycles. The molecule has 11 heteroatoms. The molecule has 0 amide bonds. The molecule has 9 nitrogen and oxygen atoms in total. The molecule has 0 radical (unpaired) electrons. The summed E-state index contributed by atoms with van der Waals surface area (Å²) in [6.45, 7) is 1.81. The standard InChI is InChI=1S/C19H28O9S2/c1-18-8-7-16-14(15(18)4-5-17(18)20)3-2-12-10-13(28-30(24,25)26)6-9-19(12,16)11-27-29(21,22)23/h2,13-16H,3-11H2,1H3,(H,21,22,23)(H,24,25,26)/t13-,14-,15-,16-,18-,19+/m0/s1. The average Bonchev–Trinajstić information content (AvgIpc) is 2.93. The maximum Gasteiger partial charge on any atom is 0.397 e. The van der Waals surface area contributed by atoms with E-state index in [4.69, 9.17) is 12.9 Å². The number of allylic oxidation sites excluding steroid dienone is 1. The van der Waals surface area contributed by atoms with Crippen LogP contribution in [0.2, 0.25) is 0 Å². The number of hydrogen-bond donors (Lipinski definition) is 2. The molecule has 170 valence electrons. The smallest absolute Gasteiger partial charge is 0.299 e. The Morgan fingerprint density at radius 3 is 2.47 bits per heavy atom. The molecule has 0 saturated heterocycles. The second kappa shape index (κ2) is 7.35. The van der Waals surface area contributed by atoms with Crippen LogP contribution in [0.25, 0.3) is 0 Å². The quantitative estimate of drug-likeness (QED) is 0.463. The molecule has 0 aromatic carbocycles. The van der Waals surface area contributed by atoms with Crippen molar-refractivity contribution in [3.8, 4) is 0 Å². The van der Waals surface area contributed by atoms with Gasteiger partial charge in [0.2, 0.25) is 0 Å². The molecular weight excluding hydrogens is 436 g/mol. The largest absolute Gasteiger partial charge is 0.397 e. The summed E-state index contributed by atoms with van der Waals surface area (Å²) in [5, 5.41) is 0. The van der Waals surface area contributed by atoms with Crippen LogP contribution in [0.5, 0.6) is 0 Å². The molecule has 3 fully saturated rings. The van der Waals surface area contributed by atoms with Crippen molar-refractivity contribution in [2.45, 2.75) is 64.4 Å². The Hall–Kier alpha value is -0.850. The van der Waals surface area contributed by atoms with Crippen molar-refractivity contribution in [1.29, 1.82) is 0 Å². The Bertz CT molecular complexity index is 970. The van der Waals surface area contributed by atoms with E-state index < -0.39 is 32.3 Å². The van der Waals surface area contributed by atoms with Crippen molar-refractivity contribution >= 4 is 26.6 Å². The van der Waals surface area contributed by atoms with Gasteiger partial charge in [-0.2, -0.15) is 16.8 Å². The number of fused-ring (bicyclic) bond motifs is 5. The van der Waals surface area contributed by atoms with Crippen LogP contribution in [0.4, 0.5) is 0 Å². The van der Waals surface area contributed by atoms with Crippen LogP contribution < -0.4 is 0 Å². The Labute approximate surface area is 177 Å². The SMILES string of the molecule is C[C@]12CC[C@H]3[C@@H](CC=C4C[C@@H](OS(=O)(=O)O)CC[C@@]43COS(=O)(=O)O)[C@@H]1CCC2=O. The number of Topliss-reactive ketones (excluding diaryl/α,β-unsaturated/α-hetero) is 1. The number of carbonyl (C=O) groups is 1. The Morgan fingerprint density at radius 2 is 1.80 bits per heavy atom. The molecule has 4 aliphatic carbocycles. The van der Waals surface area contributed by atoms with Crippen LogP contribution in [-0.4, -0.2) is 44.4 Å². The zero-order valence-electron chi connectivity index (χ0n) is 16.8. The Kier molecular flexibility index (Phi) is 5.47. The first-order valence-corrected chi connectivity index (χ1v) is 13.1. The minimum Gasteiger partial charge on any atom is -0.299 e. The molecule has 0 bridgehead atoms. The maximum atomic E-state index is 12.6. The molecule has 0 spiro atoms. The number of carbonyl (C=O) groups excluding carboxylic acids is 1. The fourth-order valence-electron chi connectivity index (χ4n) is 6.90. The van der Waals surface area contributed by atoms with E-state index in [1.165, 1.54) is 0 Å². The summed E-state index contributed by atoms with van der Waals surface area (Å²) in [5.41, 5.74) is -0.173. The summed E-state index contributed by atoms with van der Waals surface area (Å²) in [6, 6.07) is 0. The number of hydrogen-bond acceptors (Lipinski definition) is 7. The van der Waals surface area contributed by atoms with E-state index in [1.54, 1.807) is 0 Å². The fourth-order valence-corrected chi connectivity index (χ4v) is 7.76. The molecule has 0 aromatic heterocycles. The lowest BCUT2D eigenvalue weighted by Crippen LogP contribution is -2.53. The summed E-state index contributed by atoms with van der Waals surface area (Å²) < 4.78 is 73.0. The minimum atomic E-state index is -4.65. The molecule has 0 aliphatic heterocycles. The van der Waals surface area contributed by atoms with Crippen molar-refractivity contribution in [1.82, 2.24) is 0 Å². The lowest BCUT2D eigenvalue weighted by molar-refractivity contribution is -0.132. The maximum absolute atomic E-state index is 12.6. The van der Waals surface area contributed by atoms with Gasteiger partial charge in [-0.05, 0) is 62.7 Å². The highest BCUT2D eigenvalue weighted by Crippen LogP contribution is 2.64. The molecule has 6 atom stereocenters. The zero-order chi connectivity index (χ0) is 21.9. The first kappa shape index (κ1) is 22.3. The van der Waals surface area contributed by atoms with E-state index >= 15 is 0 Å². The van der Waals surface area contributed by atoms with Gasteiger partial charge in [0.15, 0.2) is 0 Å². The van der Waals surface area contributed by atoms with E-state index in [-0.39, 0.29) is 36.2 Å². The van der Waals surface area contributed by atoms with Crippen molar-refractivity contribution in [3.63, 3.8) is 0 Å². The van der Waals surface area contributed by atoms with E-state index in [9.17, 15) is 26.2 Å². The van der Waals surface area contributed by atoms with Crippen LogP contribution in [0.15, 0.2) is 11.6 Å². The predicted molar refractivity (Wildman–Crippen MR) is 105 cm³/mol. The number of ketones is 1. The van der Waals surface area contributed by atoms with E-state index in [0.29, 0.717) is 25.0 Å². The van der Waals surface area contributed by atoms with Gasteiger partial charge >= 0.3 is 20.8 Å². The summed E-state index contributed by atoms with van der Waals surface area (Å²) in [7, 11) is -9.24. The van der Waals surface area contributed by atoms with E-state index in [0.717, 1.165) is 31.3 Å². The highest BCUT2D eigenvalue weighted by atomic mass is 32.3. The Balaban J connectivity index is 1.68. The molecule has 0 aromatic rings. The van der Waals surface area contributed by atoms with Gasteiger partial charge in [0, 0.05) is 17.3 Å². The second-order valence-electron chi connectivity index (χ2n) is 9.49. The van der Waals surface area contributed by atoms with Gasteiger partial charge in [-0.15, -0.1) is 0 Å². The lowest BCUT2D eigenvalue weighted by atomic mass is 9.47. The van der Waals surface area contributed by atoms with Gasteiger partial charge < -0.3 is 0 Å². The van der Waals surface area contributed by atoms with Crippen molar-refractivity contribution < 1.29 is 39.1 Å². The van der Waals surface area contributed by atoms with Crippen LogP contribution in [0.3, 0.4) is 0 Å². The molecule has 4 rings (SSSR count). The summed E-state index contributed by atoms with van der Waals surface area (Å²) in [5.74, 6) is 0.781. The van der Waals surface area contributed by atoms with Gasteiger partial charge in [0.05, 0.1) is 12.7 Å². The third-order valence-electron chi connectivity index (χ3n) is 8.21. The third kappa shape index (κ3) is 3.88. The van der Waals surface area contributed by atoms with Gasteiger partial charge in [0.1, 0.15) is 5.78 Å². The monoisotopic (exact) mass is 464 g/mol. The Morgan fingerprint density at radius 1 is 1.07 bits per heavy atom. The minimum absolute atomic E-state index is 0.0647. The molecule has 2 N–H and O–H groups in total. The van der Waals surface area contributed by atoms with Crippen LogP contribution in [0.1, 0.15) is 58.3 Å². The van der Waals surface area contributed by atoms with Crippen molar-refractivity contribution in [2.24, 2.45) is 28.6 Å². The van der Waals surface area contributed by atoms with E-state index in [1.807, 2.05) is 13.0 Å². The summed E-state index contributed by atoms with van der Waals surface area (Å²) in [4.78, 5) is 12.6. The van der Waals surface area contributed by atoms with Crippen molar-refractivity contribution in [2.75, 3.05) is 6.61 Å². The van der Waals surface area contributed by atoms with Gasteiger partial charge in [-0.25, -0.2) is 8.37 Å².